The fraction of sp³-hybridized carbons (Fsp3) is 0.462. The number of nitrogens with one attached hydrogen (secondary N) is 1. The first-order valence-corrected chi connectivity index (χ1v) is 6.37. The predicted molar refractivity (Wildman–Crippen MR) is 72.0 cm³/mol. The maximum Gasteiger partial charge on any atom is 0.271 e. The molecule has 1 saturated heterocycles. The van der Waals surface area contributed by atoms with E-state index in [0.29, 0.717) is 5.69 Å². The number of carbonyl (C=O) groups excluding carboxylic acids is 1. The Kier molecular flexibility index (Phi) is 4.11. The quantitative estimate of drug-likeness (QED) is 0.666. The van der Waals surface area contributed by atoms with Crippen LogP contribution in [0.25, 0.3) is 0 Å². The van der Waals surface area contributed by atoms with Gasteiger partial charge in [0, 0.05) is 17.8 Å². The van der Waals surface area contributed by atoms with Gasteiger partial charge in [0.1, 0.15) is 0 Å². The van der Waals surface area contributed by atoms with E-state index in [2.05, 4.69) is 10.2 Å². The van der Waals surface area contributed by atoms with Gasteiger partial charge in [0.15, 0.2) is 0 Å². The summed E-state index contributed by atoms with van der Waals surface area (Å²) in [5, 5.41) is 13.4. The summed E-state index contributed by atoms with van der Waals surface area (Å²) < 4.78 is 0. The number of nitro benzene ring substituents is 1. The van der Waals surface area contributed by atoms with Crippen LogP contribution in [0, 0.1) is 10.1 Å². The summed E-state index contributed by atoms with van der Waals surface area (Å²) in [6, 6.07) is 5.78. The molecule has 1 N–H and O–H groups in total. The van der Waals surface area contributed by atoms with Crippen LogP contribution in [0.5, 0.6) is 0 Å². The van der Waals surface area contributed by atoms with E-state index in [4.69, 9.17) is 0 Å². The van der Waals surface area contributed by atoms with Gasteiger partial charge in [-0.15, -0.1) is 0 Å². The van der Waals surface area contributed by atoms with E-state index in [0.717, 1.165) is 25.9 Å². The molecule has 0 radical (unpaired) electrons. The minimum absolute atomic E-state index is 0.0216. The first kappa shape index (κ1) is 13.5. The minimum atomic E-state index is -0.473. The van der Waals surface area contributed by atoms with E-state index in [9.17, 15) is 14.9 Å². The van der Waals surface area contributed by atoms with Gasteiger partial charge in [0.25, 0.3) is 5.69 Å². The fourth-order valence-corrected chi connectivity index (χ4v) is 2.24. The second-order valence-corrected chi connectivity index (χ2v) is 4.72. The van der Waals surface area contributed by atoms with Crippen LogP contribution in [0.3, 0.4) is 0 Å². The van der Waals surface area contributed by atoms with Crippen molar-refractivity contribution in [3.8, 4) is 0 Å². The molecule has 0 aliphatic carbocycles. The van der Waals surface area contributed by atoms with Crippen LogP contribution in [0.15, 0.2) is 24.3 Å². The van der Waals surface area contributed by atoms with Gasteiger partial charge in [-0.25, -0.2) is 0 Å². The highest BCUT2D eigenvalue weighted by Crippen LogP contribution is 2.18. The normalized spacial score (nSPS) is 17.1. The highest BCUT2D eigenvalue weighted by Gasteiger charge is 2.24. The van der Waals surface area contributed by atoms with Crippen LogP contribution in [0.4, 0.5) is 11.4 Å². The monoisotopic (exact) mass is 263 g/mol. The Labute approximate surface area is 111 Å². The van der Waals surface area contributed by atoms with Gasteiger partial charge in [-0.3, -0.25) is 19.8 Å². The van der Waals surface area contributed by atoms with Crippen LogP contribution in [0.2, 0.25) is 0 Å². The smallest absolute Gasteiger partial charge is 0.271 e. The minimum Gasteiger partial charge on any atom is -0.324 e. The van der Waals surface area contributed by atoms with E-state index < -0.39 is 4.92 Å². The average Bonchev–Trinajstić information content (AvgIpc) is 2.92. The number of hydrogen-bond donors (Lipinski definition) is 1. The lowest BCUT2D eigenvalue weighted by Crippen LogP contribution is -2.40. The number of likely N-dealkylation sites (tertiary alicyclic amines) is 1. The molecule has 2 rings (SSSR count). The lowest BCUT2D eigenvalue weighted by atomic mass is 10.2. The van der Waals surface area contributed by atoms with E-state index in [1.165, 1.54) is 12.1 Å². The van der Waals surface area contributed by atoms with Crippen LogP contribution in [-0.2, 0) is 4.79 Å². The number of hydrogen-bond acceptors (Lipinski definition) is 4. The number of benzene rings is 1. The summed E-state index contributed by atoms with van der Waals surface area (Å²) in [6.45, 7) is 3.73. The Morgan fingerprint density at radius 1 is 1.42 bits per heavy atom. The summed E-state index contributed by atoms with van der Waals surface area (Å²) in [5.41, 5.74) is 0.442. The van der Waals surface area contributed by atoms with Crippen molar-refractivity contribution in [3.05, 3.63) is 34.4 Å². The highest BCUT2D eigenvalue weighted by atomic mass is 16.6. The molecule has 1 aliphatic rings. The Balaban J connectivity index is 2.01. The Bertz CT molecular complexity index is 484. The number of rotatable bonds is 4. The number of carbonyl (C=O) groups is 1. The molecule has 6 nitrogen and oxygen atoms in total. The van der Waals surface area contributed by atoms with E-state index in [-0.39, 0.29) is 17.6 Å². The molecule has 1 aromatic carbocycles. The summed E-state index contributed by atoms with van der Waals surface area (Å²) in [7, 11) is 0. The molecule has 1 heterocycles. The molecule has 102 valence electrons. The van der Waals surface area contributed by atoms with Crippen molar-refractivity contribution >= 4 is 17.3 Å². The molecule has 0 spiro atoms. The zero-order valence-electron chi connectivity index (χ0n) is 10.8. The van der Waals surface area contributed by atoms with Gasteiger partial charge in [-0.1, -0.05) is 6.07 Å². The molecule has 1 fully saturated rings. The Morgan fingerprint density at radius 3 is 2.74 bits per heavy atom. The molecule has 0 bridgehead atoms. The first-order chi connectivity index (χ1) is 9.08. The molecule has 0 aromatic heterocycles. The molecule has 1 atom stereocenters. The molecule has 1 unspecified atom stereocenters. The second-order valence-electron chi connectivity index (χ2n) is 4.72. The molecule has 1 aromatic rings. The summed E-state index contributed by atoms with van der Waals surface area (Å²) in [4.78, 5) is 24.4. The van der Waals surface area contributed by atoms with Crippen molar-refractivity contribution in [2.45, 2.75) is 25.8 Å². The van der Waals surface area contributed by atoms with Gasteiger partial charge in [0.05, 0.1) is 11.0 Å². The molecular formula is C13H17N3O3. The number of non-ortho nitro benzene ring substituents is 1. The molecule has 1 aliphatic heterocycles. The molecule has 1 amide bonds. The van der Waals surface area contributed by atoms with Gasteiger partial charge in [-0.05, 0) is 38.9 Å². The standard InChI is InChI=1S/C13H17N3O3/c1-10(15-7-2-3-8-15)13(17)14-11-5-4-6-12(9-11)16(18)19/h4-6,9-10H,2-3,7-8H2,1H3,(H,14,17). The van der Waals surface area contributed by atoms with Crippen LogP contribution >= 0.6 is 0 Å². The van der Waals surface area contributed by atoms with E-state index >= 15 is 0 Å². The summed E-state index contributed by atoms with van der Waals surface area (Å²) in [6.07, 6.45) is 2.24. The molecule has 19 heavy (non-hydrogen) atoms. The van der Waals surface area contributed by atoms with Crippen molar-refractivity contribution < 1.29 is 9.72 Å². The Hall–Kier alpha value is -1.95. The van der Waals surface area contributed by atoms with E-state index in [1.807, 2.05) is 6.92 Å². The van der Waals surface area contributed by atoms with Crippen LogP contribution in [0.1, 0.15) is 19.8 Å². The zero-order chi connectivity index (χ0) is 13.8. The number of anilines is 1. The maximum atomic E-state index is 12.1. The number of nitro groups is 1. The lowest BCUT2D eigenvalue weighted by molar-refractivity contribution is -0.384. The van der Waals surface area contributed by atoms with Gasteiger partial charge < -0.3 is 5.32 Å². The lowest BCUT2D eigenvalue weighted by Gasteiger charge is -2.22. The first-order valence-electron chi connectivity index (χ1n) is 6.37. The second kappa shape index (κ2) is 5.79. The number of nitrogens with zero attached hydrogens (tertiary/aromatic N) is 2. The zero-order valence-corrected chi connectivity index (χ0v) is 10.8. The van der Waals surface area contributed by atoms with E-state index in [1.54, 1.807) is 12.1 Å². The van der Waals surface area contributed by atoms with Crippen molar-refractivity contribution in [2.75, 3.05) is 18.4 Å². The molecular weight excluding hydrogens is 246 g/mol. The SMILES string of the molecule is CC(C(=O)Nc1cccc([N+](=O)[O-])c1)N1CCCC1. The molecule has 0 saturated carbocycles. The van der Waals surface area contributed by atoms with Crippen molar-refractivity contribution in [1.29, 1.82) is 0 Å². The van der Waals surface area contributed by atoms with Crippen molar-refractivity contribution in [1.82, 2.24) is 4.90 Å². The largest absolute Gasteiger partial charge is 0.324 e. The average molecular weight is 263 g/mol. The number of amides is 1. The van der Waals surface area contributed by atoms with Crippen LogP contribution in [-0.4, -0.2) is 34.9 Å². The van der Waals surface area contributed by atoms with Crippen LogP contribution < -0.4 is 5.32 Å². The Morgan fingerprint density at radius 2 is 2.11 bits per heavy atom. The molecule has 6 heteroatoms. The third-order valence-corrected chi connectivity index (χ3v) is 3.39. The third kappa shape index (κ3) is 3.29. The summed E-state index contributed by atoms with van der Waals surface area (Å²) in [5.74, 6) is -0.123. The van der Waals surface area contributed by atoms with Gasteiger partial charge in [-0.2, -0.15) is 0 Å². The van der Waals surface area contributed by atoms with Crippen molar-refractivity contribution in [2.24, 2.45) is 0 Å². The van der Waals surface area contributed by atoms with Crippen molar-refractivity contribution in [3.63, 3.8) is 0 Å². The summed E-state index contributed by atoms with van der Waals surface area (Å²) >= 11 is 0. The predicted octanol–water partition coefficient (Wildman–Crippen LogP) is 2.02. The fourth-order valence-electron chi connectivity index (χ4n) is 2.24. The van der Waals surface area contributed by atoms with Gasteiger partial charge >= 0.3 is 0 Å². The van der Waals surface area contributed by atoms with Gasteiger partial charge in [0.2, 0.25) is 5.91 Å². The highest BCUT2D eigenvalue weighted by molar-refractivity contribution is 5.94. The topological polar surface area (TPSA) is 75.5 Å². The maximum absolute atomic E-state index is 12.1. The third-order valence-electron chi connectivity index (χ3n) is 3.39.